The van der Waals surface area contributed by atoms with Crippen LogP contribution in [-0.4, -0.2) is 66.4 Å². The van der Waals surface area contributed by atoms with Crippen molar-refractivity contribution in [3.8, 4) is 0 Å². The van der Waals surface area contributed by atoms with E-state index < -0.39 is 0 Å². The number of likely N-dealkylation sites (N-methyl/N-ethyl adjacent to an activating group) is 1. The monoisotopic (exact) mass is 282 g/mol. The van der Waals surface area contributed by atoms with Crippen LogP contribution >= 0.6 is 0 Å². The maximum absolute atomic E-state index is 5.56. The molecule has 2 atom stereocenters. The normalized spacial score (nSPS) is 23.1. The number of aromatic nitrogens is 2. The molecule has 0 unspecified atom stereocenters. The van der Waals surface area contributed by atoms with Gasteiger partial charge in [0.15, 0.2) is 5.82 Å². The van der Waals surface area contributed by atoms with Gasteiger partial charge in [-0.2, -0.15) is 4.98 Å². The molecule has 2 rings (SSSR count). The zero-order valence-corrected chi connectivity index (χ0v) is 13.0. The van der Waals surface area contributed by atoms with Crippen LogP contribution < -0.4 is 0 Å². The van der Waals surface area contributed by atoms with Crippen molar-refractivity contribution in [1.82, 2.24) is 19.9 Å². The van der Waals surface area contributed by atoms with Gasteiger partial charge < -0.3 is 9.26 Å². The zero-order chi connectivity index (χ0) is 14.5. The summed E-state index contributed by atoms with van der Waals surface area (Å²) in [6.45, 7) is 8.01. The largest absolute Gasteiger partial charge is 0.380 e. The number of ether oxygens (including phenoxy) is 1. The molecule has 0 spiro atoms. The van der Waals surface area contributed by atoms with Crippen LogP contribution in [-0.2, 0) is 4.74 Å². The van der Waals surface area contributed by atoms with E-state index in [-0.39, 0.29) is 6.04 Å². The predicted molar refractivity (Wildman–Crippen MR) is 76.6 cm³/mol. The quantitative estimate of drug-likeness (QED) is 0.788. The highest BCUT2D eigenvalue weighted by Gasteiger charge is 2.30. The predicted octanol–water partition coefficient (Wildman–Crippen LogP) is 1.48. The second-order valence-electron chi connectivity index (χ2n) is 5.58. The molecule has 1 aliphatic rings. The average molecular weight is 282 g/mol. The van der Waals surface area contributed by atoms with Crippen molar-refractivity contribution in [2.75, 3.05) is 40.3 Å². The Kier molecular flexibility index (Phi) is 5.51. The molecular weight excluding hydrogens is 256 g/mol. The van der Waals surface area contributed by atoms with E-state index in [9.17, 15) is 0 Å². The third-order valence-electron chi connectivity index (χ3n) is 3.97. The van der Waals surface area contributed by atoms with Crippen LogP contribution in [0.2, 0.25) is 0 Å². The highest BCUT2D eigenvalue weighted by molar-refractivity contribution is 4.96. The van der Waals surface area contributed by atoms with Gasteiger partial charge in [0.1, 0.15) is 6.04 Å². The first-order valence-electron chi connectivity index (χ1n) is 7.39. The molecule has 1 saturated heterocycles. The van der Waals surface area contributed by atoms with Gasteiger partial charge in [-0.15, -0.1) is 0 Å². The van der Waals surface area contributed by atoms with Gasteiger partial charge in [-0.05, 0) is 20.4 Å². The average Bonchev–Trinajstić information content (AvgIpc) is 2.86. The molecular formula is C14H26N4O2. The number of hydrogen-bond donors (Lipinski definition) is 0. The molecule has 1 aromatic heterocycles. The first kappa shape index (κ1) is 15.4. The zero-order valence-electron chi connectivity index (χ0n) is 13.0. The summed E-state index contributed by atoms with van der Waals surface area (Å²) < 4.78 is 10.9. The fourth-order valence-electron chi connectivity index (χ4n) is 2.70. The van der Waals surface area contributed by atoms with Crippen molar-refractivity contribution in [2.45, 2.75) is 38.8 Å². The Hall–Kier alpha value is -0.980. The number of methoxy groups -OCH3 is 1. The van der Waals surface area contributed by atoms with Gasteiger partial charge in [0.2, 0.25) is 5.89 Å². The van der Waals surface area contributed by atoms with Crippen LogP contribution in [0.3, 0.4) is 0 Å². The topological polar surface area (TPSA) is 54.6 Å². The van der Waals surface area contributed by atoms with Gasteiger partial charge in [-0.25, -0.2) is 0 Å². The van der Waals surface area contributed by atoms with Gasteiger partial charge in [-0.1, -0.05) is 18.5 Å². The smallest absolute Gasteiger partial charge is 0.245 e. The van der Waals surface area contributed by atoms with E-state index in [0.29, 0.717) is 11.9 Å². The first-order valence-corrected chi connectivity index (χ1v) is 7.39. The Balaban J connectivity index is 1.97. The van der Waals surface area contributed by atoms with Gasteiger partial charge in [0.25, 0.3) is 0 Å². The Labute approximate surface area is 121 Å². The van der Waals surface area contributed by atoms with Gasteiger partial charge in [-0.3, -0.25) is 9.80 Å². The van der Waals surface area contributed by atoms with Gasteiger partial charge in [0, 0.05) is 33.3 Å². The second-order valence-corrected chi connectivity index (χ2v) is 5.58. The molecule has 1 aromatic rings. The molecule has 0 saturated carbocycles. The molecule has 1 fully saturated rings. The minimum atomic E-state index is 0.184. The fraction of sp³-hybridized carbons (Fsp3) is 0.857. The summed E-state index contributed by atoms with van der Waals surface area (Å²) in [6.07, 6.45) is 2.57. The van der Waals surface area contributed by atoms with E-state index >= 15 is 0 Å². The van der Waals surface area contributed by atoms with Gasteiger partial charge in [0.05, 0.1) is 6.10 Å². The third kappa shape index (κ3) is 3.77. The molecule has 0 bridgehead atoms. The van der Waals surface area contributed by atoms with Gasteiger partial charge >= 0.3 is 0 Å². The summed E-state index contributed by atoms with van der Waals surface area (Å²) in [5, 5.41) is 3.90. The minimum Gasteiger partial charge on any atom is -0.380 e. The van der Waals surface area contributed by atoms with Crippen LogP contribution in [0.5, 0.6) is 0 Å². The number of aryl methyl sites for hydroxylation is 1. The lowest BCUT2D eigenvalue weighted by atomic mass is 10.1. The van der Waals surface area contributed by atoms with Crippen molar-refractivity contribution in [1.29, 1.82) is 0 Å². The van der Waals surface area contributed by atoms with E-state index in [4.69, 9.17) is 9.26 Å². The lowest BCUT2D eigenvalue weighted by molar-refractivity contribution is 0.0184. The second kappa shape index (κ2) is 7.15. The summed E-state index contributed by atoms with van der Waals surface area (Å²) in [7, 11) is 3.91. The Morgan fingerprint density at radius 1 is 1.45 bits per heavy atom. The number of piperazine rings is 1. The Bertz CT molecular complexity index is 410. The lowest BCUT2D eigenvalue weighted by Crippen LogP contribution is -2.49. The molecule has 0 aromatic carbocycles. The maximum Gasteiger partial charge on any atom is 0.245 e. The van der Waals surface area contributed by atoms with E-state index in [0.717, 1.165) is 44.9 Å². The summed E-state index contributed by atoms with van der Waals surface area (Å²) in [5.41, 5.74) is 0. The molecule has 0 radical (unpaired) electrons. The van der Waals surface area contributed by atoms with E-state index in [1.807, 2.05) is 6.92 Å². The van der Waals surface area contributed by atoms with Crippen molar-refractivity contribution in [2.24, 2.45) is 0 Å². The number of hydrogen-bond acceptors (Lipinski definition) is 6. The molecule has 0 N–H and O–H groups in total. The summed E-state index contributed by atoms with van der Waals surface area (Å²) in [6, 6.07) is 0.184. The van der Waals surface area contributed by atoms with E-state index in [2.05, 4.69) is 33.9 Å². The van der Waals surface area contributed by atoms with Crippen LogP contribution in [0.15, 0.2) is 4.52 Å². The SMILES string of the molecule is CCC[C@H](CN1CCN(C)[C@H](c2nc(C)no2)C1)OC. The van der Waals surface area contributed by atoms with Crippen molar-refractivity contribution in [3.05, 3.63) is 11.7 Å². The van der Waals surface area contributed by atoms with E-state index in [1.54, 1.807) is 7.11 Å². The standard InChI is InChI=1S/C14H26N4O2/c1-5-6-12(19-4)9-18-8-7-17(3)13(10-18)14-15-11(2)16-20-14/h12-13H,5-10H2,1-4H3/t12-,13+/m1/s1. The number of rotatable bonds is 6. The minimum absolute atomic E-state index is 0.184. The molecule has 2 heterocycles. The molecule has 1 aliphatic heterocycles. The molecule has 114 valence electrons. The first-order chi connectivity index (χ1) is 9.63. The molecule has 6 nitrogen and oxygen atoms in total. The van der Waals surface area contributed by atoms with Crippen molar-refractivity contribution < 1.29 is 9.26 Å². The maximum atomic E-state index is 5.56. The number of nitrogens with zero attached hydrogens (tertiary/aromatic N) is 4. The highest BCUT2D eigenvalue weighted by Crippen LogP contribution is 2.23. The fourth-order valence-corrected chi connectivity index (χ4v) is 2.70. The van der Waals surface area contributed by atoms with Crippen LogP contribution in [0.4, 0.5) is 0 Å². The van der Waals surface area contributed by atoms with E-state index in [1.165, 1.54) is 0 Å². The highest BCUT2D eigenvalue weighted by atomic mass is 16.5. The summed E-state index contributed by atoms with van der Waals surface area (Å²) >= 11 is 0. The van der Waals surface area contributed by atoms with Crippen molar-refractivity contribution >= 4 is 0 Å². The third-order valence-corrected chi connectivity index (χ3v) is 3.97. The molecule has 0 amide bonds. The Morgan fingerprint density at radius 3 is 2.85 bits per heavy atom. The van der Waals surface area contributed by atoms with Crippen LogP contribution in [0, 0.1) is 6.92 Å². The summed E-state index contributed by atoms with van der Waals surface area (Å²) in [5.74, 6) is 1.42. The summed E-state index contributed by atoms with van der Waals surface area (Å²) in [4.78, 5) is 9.10. The Morgan fingerprint density at radius 2 is 2.25 bits per heavy atom. The molecule has 6 heteroatoms. The lowest BCUT2D eigenvalue weighted by Gasteiger charge is -2.38. The van der Waals surface area contributed by atoms with Crippen LogP contribution in [0.25, 0.3) is 0 Å². The van der Waals surface area contributed by atoms with Crippen LogP contribution in [0.1, 0.15) is 37.5 Å². The van der Waals surface area contributed by atoms with Crippen molar-refractivity contribution in [3.63, 3.8) is 0 Å². The molecule has 20 heavy (non-hydrogen) atoms. The molecule has 0 aliphatic carbocycles.